The van der Waals surface area contributed by atoms with E-state index in [1.54, 1.807) is 12.1 Å². The van der Waals surface area contributed by atoms with Crippen molar-refractivity contribution < 1.29 is 9.18 Å². The Labute approximate surface area is 116 Å². The van der Waals surface area contributed by atoms with Crippen LogP contribution >= 0.6 is 27.5 Å². The highest BCUT2D eigenvalue weighted by molar-refractivity contribution is 9.10. The zero-order valence-corrected chi connectivity index (χ0v) is 11.3. The van der Waals surface area contributed by atoms with Gasteiger partial charge in [0.1, 0.15) is 10.4 Å². The lowest BCUT2D eigenvalue weighted by Crippen LogP contribution is -2.13. The smallest absolute Gasteiger partial charge is 0.257 e. The molecule has 0 aliphatic heterocycles. The van der Waals surface area contributed by atoms with Gasteiger partial charge >= 0.3 is 0 Å². The standard InChI is InChI=1S/C12H7BrClFN2O/c13-11-4-1-7(6-16-11)12(18)17-10-5-8(14)2-3-9(10)15/h1-6H,(H,17,18). The first kappa shape index (κ1) is 13.0. The lowest BCUT2D eigenvalue weighted by atomic mass is 10.2. The Morgan fingerprint density at radius 2 is 2.11 bits per heavy atom. The molecule has 0 radical (unpaired) electrons. The van der Waals surface area contributed by atoms with Crippen LogP contribution in [0, 0.1) is 5.82 Å². The summed E-state index contributed by atoms with van der Waals surface area (Å²) in [7, 11) is 0. The monoisotopic (exact) mass is 328 g/mol. The molecular formula is C12H7BrClFN2O. The molecule has 0 fully saturated rings. The molecule has 0 bridgehead atoms. The molecule has 0 spiro atoms. The second-order valence-corrected chi connectivity index (χ2v) is 4.70. The number of nitrogens with one attached hydrogen (secondary N) is 1. The predicted octanol–water partition coefficient (Wildman–Crippen LogP) is 3.89. The van der Waals surface area contributed by atoms with Crippen LogP contribution in [0.3, 0.4) is 0 Å². The van der Waals surface area contributed by atoms with Crippen molar-refractivity contribution >= 4 is 39.1 Å². The third-order valence-electron chi connectivity index (χ3n) is 2.17. The zero-order chi connectivity index (χ0) is 13.1. The van der Waals surface area contributed by atoms with Crippen LogP contribution in [0.25, 0.3) is 0 Å². The molecule has 0 atom stereocenters. The maximum absolute atomic E-state index is 13.4. The van der Waals surface area contributed by atoms with Crippen LogP contribution in [-0.2, 0) is 0 Å². The van der Waals surface area contributed by atoms with E-state index in [0.717, 1.165) is 0 Å². The molecule has 0 saturated heterocycles. The number of anilines is 1. The summed E-state index contributed by atoms with van der Waals surface area (Å²) < 4.78 is 14.0. The first-order valence-corrected chi connectivity index (χ1v) is 6.11. The lowest BCUT2D eigenvalue weighted by molar-refractivity contribution is 0.102. The molecule has 6 heteroatoms. The maximum atomic E-state index is 13.4. The zero-order valence-electron chi connectivity index (χ0n) is 8.95. The molecule has 0 aliphatic rings. The van der Waals surface area contributed by atoms with Crippen LogP contribution in [0.5, 0.6) is 0 Å². The molecule has 1 amide bonds. The maximum Gasteiger partial charge on any atom is 0.257 e. The van der Waals surface area contributed by atoms with Gasteiger partial charge in [0, 0.05) is 11.2 Å². The number of pyridine rings is 1. The van der Waals surface area contributed by atoms with Gasteiger partial charge in [-0.1, -0.05) is 11.6 Å². The molecule has 0 saturated carbocycles. The minimum atomic E-state index is -0.544. The molecule has 18 heavy (non-hydrogen) atoms. The summed E-state index contributed by atoms with van der Waals surface area (Å²) in [5.41, 5.74) is 0.369. The number of benzene rings is 1. The number of nitrogens with zero attached hydrogens (tertiary/aromatic N) is 1. The summed E-state index contributed by atoms with van der Waals surface area (Å²) in [5.74, 6) is -0.992. The van der Waals surface area contributed by atoms with Crippen molar-refractivity contribution in [2.45, 2.75) is 0 Å². The van der Waals surface area contributed by atoms with Gasteiger partial charge in [-0.15, -0.1) is 0 Å². The topological polar surface area (TPSA) is 42.0 Å². The summed E-state index contributed by atoms with van der Waals surface area (Å²) in [6.07, 6.45) is 1.39. The summed E-state index contributed by atoms with van der Waals surface area (Å²) >= 11 is 8.89. The van der Waals surface area contributed by atoms with Crippen molar-refractivity contribution in [2.24, 2.45) is 0 Å². The van der Waals surface area contributed by atoms with Crippen LogP contribution in [0.1, 0.15) is 10.4 Å². The number of halogens is 3. The van der Waals surface area contributed by atoms with E-state index >= 15 is 0 Å². The molecule has 2 rings (SSSR count). The number of aromatic nitrogens is 1. The number of carbonyl (C=O) groups excluding carboxylic acids is 1. The van der Waals surface area contributed by atoms with E-state index < -0.39 is 11.7 Å². The Hall–Kier alpha value is -1.46. The number of hydrogen-bond acceptors (Lipinski definition) is 2. The van der Waals surface area contributed by atoms with E-state index in [4.69, 9.17) is 11.6 Å². The van der Waals surface area contributed by atoms with Crippen molar-refractivity contribution in [2.75, 3.05) is 5.32 Å². The number of carbonyl (C=O) groups is 1. The largest absolute Gasteiger partial charge is 0.319 e. The summed E-state index contributed by atoms with van der Waals surface area (Å²) in [4.78, 5) is 15.7. The highest BCUT2D eigenvalue weighted by atomic mass is 79.9. The molecule has 1 aromatic carbocycles. The van der Waals surface area contributed by atoms with Crippen molar-refractivity contribution in [3.05, 3.63) is 57.5 Å². The van der Waals surface area contributed by atoms with Crippen molar-refractivity contribution in [3.63, 3.8) is 0 Å². The molecular weight excluding hydrogens is 322 g/mol. The number of hydrogen-bond donors (Lipinski definition) is 1. The predicted molar refractivity (Wildman–Crippen MR) is 71.3 cm³/mol. The Morgan fingerprint density at radius 1 is 1.33 bits per heavy atom. The Morgan fingerprint density at radius 3 is 2.78 bits per heavy atom. The van der Waals surface area contributed by atoms with E-state index in [9.17, 15) is 9.18 Å². The van der Waals surface area contributed by atoms with Crippen molar-refractivity contribution in [3.8, 4) is 0 Å². The quantitative estimate of drug-likeness (QED) is 0.849. The van der Waals surface area contributed by atoms with E-state index in [1.165, 1.54) is 24.4 Å². The van der Waals surface area contributed by atoms with E-state index in [0.29, 0.717) is 15.2 Å². The average Bonchev–Trinajstić information content (AvgIpc) is 2.34. The molecule has 0 aliphatic carbocycles. The minimum absolute atomic E-state index is 0.0374. The van der Waals surface area contributed by atoms with Gasteiger partial charge in [-0.25, -0.2) is 9.37 Å². The summed E-state index contributed by atoms with van der Waals surface area (Å²) in [6.45, 7) is 0. The third kappa shape index (κ3) is 3.05. The van der Waals surface area contributed by atoms with Gasteiger partial charge in [-0.05, 0) is 46.3 Å². The van der Waals surface area contributed by atoms with Crippen LogP contribution in [0.2, 0.25) is 5.02 Å². The number of amides is 1. The van der Waals surface area contributed by atoms with E-state index in [2.05, 4.69) is 26.2 Å². The minimum Gasteiger partial charge on any atom is -0.319 e. The van der Waals surface area contributed by atoms with Crippen molar-refractivity contribution in [1.82, 2.24) is 4.98 Å². The van der Waals surface area contributed by atoms with Gasteiger partial charge in [0.05, 0.1) is 11.3 Å². The second-order valence-electron chi connectivity index (χ2n) is 3.45. The Kier molecular flexibility index (Phi) is 3.93. The fourth-order valence-electron chi connectivity index (χ4n) is 1.30. The fraction of sp³-hybridized carbons (Fsp3) is 0. The molecule has 1 aromatic heterocycles. The van der Waals surface area contributed by atoms with E-state index in [-0.39, 0.29) is 5.69 Å². The van der Waals surface area contributed by atoms with Gasteiger partial charge in [0.15, 0.2) is 0 Å². The van der Waals surface area contributed by atoms with Crippen LogP contribution < -0.4 is 5.32 Å². The average molecular weight is 330 g/mol. The van der Waals surface area contributed by atoms with Gasteiger partial charge in [-0.3, -0.25) is 4.79 Å². The normalized spacial score (nSPS) is 10.2. The second kappa shape index (κ2) is 5.46. The summed E-state index contributed by atoms with van der Waals surface area (Å²) in [5, 5.41) is 2.78. The first-order valence-electron chi connectivity index (χ1n) is 4.94. The molecule has 3 nitrogen and oxygen atoms in total. The van der Waals surface area contributed by atoms with Gasteiger partial charge in [0.25, 0.3) is 5.91 Å². The van der Waals surface area contributed by atoms with Gasteiger partial charge < -0.3 is 5.32 Å². The highest BCUT2D eigenvalue weighted by Gasteiger charge is 2.10. The molecule has 2 aromatic rings. The number of rotatable bonds is 2. The molecule has 1 heterocycles. The molecule has 1 N–H and O–H groups in total. The van der Waals surface area contributed by atoms with Crippen molar-refractivity contribution in [1.29, 1.82) is 0 Å². The SMILES string of the molecule is O=C(Nc1cc(Cl)ccc1F)c1ccc(Br)nc1. The lowest BCUT2D eigenvalue weighted by Gasteiger charge is -2.06. The van der Waals surface area contributed by atoms with Crippen LogP contribution in [0.15, 0.2) is 41.1 Å². The van der Waals surface area contributed by atoms with E-state index in [1.807, 2.05) is 0 Å². The Balaban J connectivity index is 2.21. The summed E-state index contributed by atoms with van der Waals surface area (Å²) in [6, 6.07) is 7.16. The highest BCUT2D eigenvalue weighted by Crippen LogP contribution is 2.20. The Bertz CT molecular complexity index is 589. The van der Waals surface area contributed by atoms with Gasteiger partial charge in [0.2, 0.25) is 0 Å². The van der Waals surface area contributed by atoms with Crippen LogP contribution in [0.4, 0.5) is 10.1 Å². The molecule has 0 unspecified atom stereocenters. The molecule has 92 valence electrons. The van der Waals surface area contributed by atoms with Crippen LogP contribution in [-0.4, -0.2) is 10.9 Å². The fourth-order valence-corrected chi connectivity index (χ4v) is 1.70. The van der Waals surface area contributed by atoms with Gasteiger partial charge in [-0.2, -0.15) is 0 Å². The first-order chi connectivity index (χ1) is 8.56. The third-order valence-corrected chi connectivity index (χ3v) is 2.87.